The highest BCUT2D eigenvalue weighted by Crippen LogP contribution is 2.26. The molecule has 1 aliphatic rings. The number of likely N-dealkylation sites (N-methyl/N-ethyl adjacent to an activating group) is 1. The molecule has 0 atom stereocenters. The van der Waals surface area contributed by atoms with Crippen LogP contribution in [0.1, 0.15) is 5.56 Å². The van der Waals surface area contributed by atoms with Crippen LogP contribution in [-0.2, 0) is 4.79 Å². The molecule has 0 aliphatic carbocycles. The maximum atomic E-state index is 11.4. The molecule has 0 spiro atoms. The molecule has 4 nitrogen and oxygen atoms in total. The molecular weight excluding hydrogens is 166 g/mol. The molecule has 0 radical (unpaired) electrons. The molecule has 1 heterocycles. The molecular formula is C9H7N3O. The average Bonchev–Trinajstić information content (AvgIpc) is 2.41. The van der Waals surface area contributed by atoms with Crippen molar-refractivity contribution < 1.29 is 9.58 Å². The van der Waals surface area contributed by atoms with Gasteiger partial charge >= 0.3 is 11.6 Å². The fraction of sp³-hybridized carbons (Fsp3) is 0.111. The summed E-state index contributed by atoms with van der Waals surface area (Å²) in [6, 6.07) is 7.20. The maximum Gasteiger partial charge on any atom is 0.389 e. The second-order valence-electron chi connectivity index (χ2n) is 2.83. The molecule has 1 amide bonds. The molecule has 2 rings (SSSR count). The molecule has 1 aromatic carbocycles. The van der Waals surface area contributed by atoms with Crippen molar-refractivity contribution in [2.45, 2.75) is 0 Å². The number of hydrogen-bond donors (Lipinski definition) is 0. The second-order valence-corrected chi connectivity index (χ2v) is 2.83. The number of carbonyl (C=O) groups is 1. The lowest BCUT2D eigenvalue weighted by atomic mass is 10.1. The Morgan fingerprint density at radius 2 is 2.08 bits per heavy atom. The molecule has 1 aromatic rings. The normalized spacial score (nSPS) is 14.4. The van der Waals surface area contributed by atoms with Crippen LogP contribution in [0.15, 0.2) is 24.3 Å². The average molecular weight is 173 g/mol. The highest BCUT2D eigenvalue weighted by Gasteiger charge is 2.37. The largest absolute Gasteiger partial charge is 0.389 e. The Hall–Kier alpha value is -1.93. The molecule has 0 unspecified atom stereocenters. The number of anilines is 1. The molecule has 0 bridgehead atoms. The van der Waals surface area contributed by atoms with E-state index in [0.29, 0.717) is 5.56 Å². The van der Waals surface area contributed by atoms with Crippen LogP contribution in [0.2, 0.25) is 0 Å². The van der Waals surface area contributed by atoms with E-state index in [-0.39, 0.29) is 11.6 Å². The lowest BCUT2D eigenvalue weighted by molar-refractivity contribution is -0.115. The van der Waals surface area contributed by atoms with Crippen molar-refractivity contribution >= 4 is 17.3 Å². The second kappa shape index (κ2) is 2.54. The molecule has 0 saturated heterocycles. The third-order valence-electron chi connectivity index (χ3n) is 2.13. The predicted molar refractivity (Wildman–Crippen MR) is 47.6 cm³/mol. The Kier molecular flexibility index (Phi) is 1.50. The van der Waals surface area contributed by atoms with Crippen LogP contribution >= 0.6 is 0 Å². The molecule has 0 aromatic heterocycles. The molecule has 4 heteroatoms. The first-order valence-electron chi connectivity index (χ1n) is 3.85. The molecule has 0 saturated carbocycles. The van der Waals surface area contributed by atoms with Gasteiger partial charge < -0.3 is 10.4 Å². The summed E-state index contributed by atoms with van der Waals surface area (Å²) in [4.78, 5) is 15.9. The van der Waals surface area contributed by atoms with Crippen molar-refractivity contribution in [3.8, 4) is 0 Å². The summed E-state index contributed by atoms with van der Waals surface area (Å²) < 4.78 is 0. The van der Waals surface area contributed by atoms with Crippen molar-refractivity contribution in [2.24, 2.45) is 0 Å². The topological polar surface area (TPSA) is 56.7 Å². The maximum absolute atomic E-state index is 11.4. The lowest BCUT2D eigenvalue weighted by Gasteiger charge is -2.05. The van der Waals surface area contributed by atoms with Gasteiger partial charge in [0, 0.05) is 7.05 Å². The highest BCUT2D eigenvalue weighted by atomic mass is 16.2. The number of para-hydroxylation sites is 1. The van der Waals surface area contributed by atoms with E-state index in [1.54, 1.807) is 19.2 Å². The number of carbonyl (C=O) groups excluding carboxylic acids is 1. The first-order chi connectivity index (χ1) is 6.25. The van der Waals surface area contributed by atoms with E-state index in [4.69, 9.17) is 5.53 Å². The van der Waals surface area contributed by atoms with Crippen LogP contribution in [0, 0.1) is 0 Å². The van der Waals surface area contributed by atoms with Crippen molar-refractivity contribution in [1.29, 1.82) is 0 Å². The van der Waals surface area contributed by atoms with Crippen LogP contribution in [0.4, 0.5) is 5.69 Å². The number of benzene rings is 1. The third kappa shape index (κ3) is 0.895. The van der Waals surface area contributed by atoms with Crippen molar-refractivity contribution in [3.63, 3.8) is 0 Å². The summed E-state index contributed by atoms with van der Waals surface area (Å²) in [5, 5.41) is 0. The summed E-state index contributed by atoms with van der Waals surface area (Å²) in [5.74, 6) is -0.274. The van der Waals surface area contributed by atoms with Crippen LogP contribution in [0.3, 0.4) is 0 Å². The molecule has 0 fully saturated rings. The first-order valence-corrected chi connectivity index (χ1v) is 3.85. The molecule has 13 heavy (non-hydrogen) atoms. The van der Waals surface area contributed by atoms with Crippen LogP contribution in [0.5, 0.6) is 0 Å². The number of amides is 1. The first kappa shape index (κ1) is 7.71. The van der Waals surface area contributed by atoms with Crippen LogP contribution < -0.4 is 4.90 Å². The zero-order valence-electron chi connectivity index (χ0n) is 7.06. The summed E-state index contributed by atoms with van der Waals surface area (Å²) in [7, 11) is 1.65. The van der Waals surface area contributed by atoms with E-state index in [1.165, 1.54) is 4.90 Å². The number of hydrogen-bond acceptors (Lipinski definition) is 1. The van der Waals surface area contributed by atoms with Crippen LogP contribution in [-0.4, -0.2) is 23.5 Å². The van der Waals surface area contributed by atoms with E-state index in [2.05, 4.69) is 4.79 Å². The molecule has 64 valence electrons. The Morgan fingerprint density at radius 1 is 1.38 bits per heavy atom. The summed E-state index contributed by atoms with van der Waals surface area (Å²) >= 11 is 0. The number of rotatable bonds is 0. The monoisotopic (exact) mass is 173 g/mol. The minimum absolute atomic E-state index is 0.109. The van der Waals surface area contributed by atoms with Gasteiger partial charge in [0.25, 0.3) is 0 Å². The quantitative estimate of drug-likeness (QED) is 0.420. The van der Waals surface area contributed by atoms with Crippen molar-refractivity contribution in [1.82, 2.24) is 0 Å². The smallest absolute Gasteiger partial charge is 0.361 e. The Balaban J connectivity index is 2.74. The Labute approximate surface area is 75.0 Å². The Bertz CT molecular complexity index is 432. The van der Waals surface area contributed by atoms with Gasteiger partial charge in [-0.05, 0) is 12.1 Å². The van der Waals surface area contributed by atoms with Crippen molar-refractivity contribution in [3.05, 3.63) is 35.4 Å². The van der Waals surface area contributed by atoms with Gasteiger partial charge in [-0.15, -0.1) is 0 Å². The fourth-order valence-electron chi connectivity index (χ4n) is 1.45. The fourth-order valence-corrected chi connectivity index (χ4v) is 1.45. The molecule has 0 N–H and O–H groups in total. The van der Waals surface area contributed by atoms with Crippen LogP contribution in [0.25, 0.3) is 5.53 Å². The Morgan fingerprint density at radius 3 is 2.77 bits per heavy atom. The van der Waals surface area contributed by atoms with E-state index in [9.17, 15) is 4.79 Å². The van der Waals surface area contributed by atoms with Gasteiger partial charge in [-0.3, -0.25) is 4.79 Å². The standard InChI is InChI=1S/C9H7N3O/c1-12-7-5-3-2-4-6(7)8(11-10)9(12)13/h2-5H,1H3. The summed E-state index contributed by atoms with van der Waals surface area (Å²) in [6.07, 6.45) is 0. The number of nitrogens with zero attached hydrogens (tertiary/aromatic N) is 3. The summed E-state index contributed by atoms with van der Waals surface area (Å²) in [6.45, 7) is 0. The zero-order valence-corrected chi connectivity index (χ0v) is 7.06. The third-order valence-corrected chi connectivity index (χ3v) is 2.13. The minimum Gasteiger partial charge on any atom is -0.361 e. The minimum atomic E-state index is -0.274. The van der Waals surface area contributed by atoms with Gasteiger partial charge in [-0.25, -0.2) is 0 Å². The highest BCUT2D eigenvalue weighted by molar-refractivity contribution is 6.52. The SMILES string of the molecule is CN1C(=O)C(=[N+]=[N-])c2ccccc21. The van der Waals surface area contributed by atoms with Gasteiger partial charge in [-0.2, -0.15) is 4.79 Å². The van der Waals surface area contributed by atoms with E-state index < -0.39 is 0 Å². The van der Waals surface area contributed by atoms with Gasteiger partial charge in [0.15, 0.2) is 0 Å². The lowest BCUT2D eigenvalue weighted by Crippen LogP contribution is -2.25. The predicted octanol–water partition coefficient (Wildman–Crippen LogP) is 0.682. The summed E-state index contributed by atoms with van der Waals surface area (Å²) in [5.41, 5.74) is 10.2. The molecule has 1 aliphatic heterocycles. The van der Waals surface area contributed by atoms with E-state index in [1.807, 2.05) is 12.1 Å². The number of fused-ring (bicyclic) bond motifs is 1. The zero-order chi connectivity index (χ0) is 9.42. The van der Waals surface area contributed by atoms with Crippen molar-refractivity contribution in [2.75, 3.05) is 11.9 Å². The van der Waals surface area contributed by atoms with E-state index >= 15 is 0 Å². The van der Waals surface area contributed by atoms with E-state index in [0.717, 1.165) is 5.69 Å². The van der Waals surface area contributed by atoms with Gasteiger partial charge in [0.1, 0.15) is 0 Å². The van der Waals surface area contributed by atoms with Gasteiger partial charge in [0.05, 0.1) is 11.3 Å². The van der Waals surface area contributed by atoms with Gasteiger partial charge in [-0.1, -0.05) is 12.1 Å². The van der Waals surface area contributed by atoms with Gasteiger partial charge in [0.2, 0.25) is 0 Å².